The highest BCUT2D eigenvalue weighted by atomic mass is 32.2. The number of rotatable bonds is 5. The second kappa shape index (κ2) is 7.86. The predicted molar refractivity (Wildman–Crippen MR) is 109 cm³/mol. The van der Waals surface area contributed by atoms with Gasteiger partial charge in [0, 0.05) is 10.6 Å². The molecule has 7 heteroatoms. The number of carbonyl (C=O) groups excluding carboxylic acids is 1. The van der Waals surface area contributed by atoms with Crippen LogP contribution in [0.1, 0.15) is 29.3 Å². The molecule has 0 spiro atoms. The molecule has 2 aromatic heterocycles. The molecule has 0 radical (unpaired) electrons. The Morgan fingerprint density at radius 2 is 2.26 bits per heavy atom. The van der Waals surface area contributed by atoms with E-state index in [0.717, 1.165) is 34.9 Å². The average Bonchev–Trinajstić information content (AvgIpc) is 3.26. The van der Waals surface area contributed by atoms with Crippen molar-refractivity contribution in [2.45, 2.75) is 38.3 Å². The van der Waals surface area contributed by atoms with Crippen molar-refractivity contribution in [2.75, 3.05) is 11.1 Å². The summed E-state index contributed by atoms with van der Waals surface area (Å²) in [5.41, 5.74) is 3.32. The molecule has 2 heterocycles. The lowest BCUT2D eigenvalue weighted by molar-refractivity contribution is -0.113. The Morgan fingerprint density at radius 1 is 1.37 bits per heavy atom. The molecule has 0 aliphatic heterocycles. The van der Waals surface area contributed by atoms with Crippen LogP contribution in [0.2, 0.25) is 0 Å². The molecule has 1 aromatic carbocycles. The fourth-order valence-corrected chi connectivity index (χ4v) is 4.92. The molecular formula is C20H21N3O2S2. The monoisotopic (exact) mass is 399 g/mol. The minimum atomic E-state index is -0.0917. The summed E-state index contributed by atoms with van der Waals surface area (Å²) in [5.74, 6) is 1.42. The summed E-state index contributed by atoms with van der Waals surface area (Å²) in [6.45, 7) is 4.29. The van der Waals surface area contributed by atoms with Crippen LogP contribution < -0.4 is 5.32 Å². The van der Waals surface area contributed by atoms with E-state index >= 15 is 0 Å². The molecule has 1 amide bonds. The van der Waals surface area contributed by atoms with Gasteiger partial charge in [-0.05, 0) is 61.4 Å². The van der Waals surface area contributed by atoms with Crippen molar-refractivity contribution in [3.05, 3.63) is 46.3 Å². The van der Waals surface area contributed by atoms with Gasteiger partial charge in [-0.3, -0.25) is 4.79 Å². The van der Waals surface area contributed by atoms with Gasteiger partial charge in [-0.25, -0.2) is 0 Å². The van der Waals surface area contributed by atoms with E-state index in [2.05, 4.69) is 28.5 Å². The number of thioether (sulfide) groups is 1. The zero-order valence-electron chi connectivity index (χ0n) is 15.3. The molecule has 1 aliphatic rings. The molecule has 0 saturated heterocycles. The first kappa shape index (κ1) is 18.3. The Bertz CT molecular complexity index is 964. The van der Waals surface area contributed by atoms with Crippen molar-refractivity contribution >= 4 is 34.7 Å². The number of anilines is 1. The number of nitrogens with one attached hydrogen (secondary N) is 1. The first-order valence-corrected chi connectivity index (χ1v) is 10.8. The Kier molecular flexibility index (Phi) is 5.31. The van der Waals surface area contributed by atoms with Crippen LogP contribution in [0.4, 0.5) is 5.69 Å². The van der Waals surface area contributed by atoms with Crippen molar-refractivity contribution in [1.82, 2.24) is 10.2 Å². The van der Waals surface area contributed by atoms with Crippen molar-refractivity contribution in [2.24, 2.45) is 5.92 Å². The topological polar surface area (TPSA) is 68.0 Å². The van der Waals surface area contributed by atoms with Gasteiger partial charge in [0.05, 0.1) is 10.6 Å². The van der Waals surface area contributed by atoms with Gasteiger partial charge in [0.15, 0.2) is 0 Å². The molecule has 140 valence electrons. The SMILES string of the molecule is Cc1cccc(NC(=O)CSc2nnc(-c3cc4c(s3)CC[C@H](C)C4)o2)c1. The maximum Gasteiger partial charge on any atom is 0.277 e. The summed E-state index contributed by atoms with van der Waals surface area (Å²) in [6.07, 6.45) is 3.50. The number of hydrogen-bond acceptors (Lipinski definition) is 6. The van der Waals surface area contributed by atoms with E-state index in [1.807, 2.05) is 31.2 Å². The largest absolute Gasteiger partial charge is 0.410 e. The second-order valence-electron chi connectivity index (χ2n) is 6.99. The van der Waals surface area contributed by atoms with Crippen LogP contribution in [0.15, 0.2) is 40.0 Å². The van der Waals surface area contributed by atoms with Crippen LogP contribution in [0.3, 0.4) is 0 Å². The minimum Gasteiger partial charge on any atom is -0.410 e. The summed E-state index contributed by atoms with van der Waals surface area (Å²) in [7, 11) is 0. The molecule has 1 atom stereocenters. The molecule has 1 aliphatic carbocycles. The number of hydrogen-bond donors (Lipinski definition) is 1. The molecule has 1 N–H and O–H groups in total. The van der Waals surface area contributed by atoms with Crippen molar-refractivity contribution < 1.29 is 9.21 Å². The molecule has 3 aromatic rings. The summed E-state index contributed by atoms with van der Waals surface area (Å²) in [4.78, 5) is 14.6. The number of benzene rings is 1. The van der Waals surface area contributed by atoms with Gasteiger partial charge in [0.2, 0.25) is 5.91 Å². The number of nitrogens with zero attached hydrogens (tertiary/aromatic N) is 2. The molecule has 0 bridgehead atoms. The zero-order valence-corrected chi connectivity index (χ0v) is 17.0. The van der Waals surface area contributed by atoms with Crippen LogP contribution in [0.5, 0.6) is 0 Å². The summed E-state index contributed by atoms with van der Waals surface area (Å²) in [5, 5.41) is 11.5. The maximum atomic E-state index is 12.1. The number of amides is 1. The molecule has 27 heavy (non-hydrogen) atoms. The highest BCUT2D eigenvalue weighted by Gasteiger charge is 2.21. The number of thiophene rings is 1. The van der Waals surface area contributed by atoms with Gasteiger partial charge in [-0.1, -0.05) is 30.8 Å². The van der Waals surface area contributed by atoms with Crippen LogP contribution in [0.25, 0.3) is 10.8 Å². The lowest BCUT2D eigenvalue weighted by Gasteiger charge is -2.16. The highest BCUT2D eigenvalue weighted by Crippen LogP contribution is 2.37. The normalized spacial score (nSPS) is 16.1. The average molecular weight is 400 g/mol. The predicted octanol–water partition coefficient (Wildman–Crippen LogP) is 4.96. The standard InChI is InChI=1S/C20H21N3O2S2/c1-12-4-3-5-15(9-12)21-18(24)11-26-20-23-22-19(25-20)17-10-14-8-13(2)6-7-16(14)27-17/h3-5,9-10,13H,6-8,11H2,1-2H3,(H,21,24)/t13-/m0/s1. The molecule has 5 nitrogen and oxygen atoms in total. The molecule has 0 saturated carbocycles. The lowest BCUT2D eigenvalue weighted by Crippen LogP contribution is -2.13. The van der Waals surface area contributed by atoms with Gasteiger partial charge >= 0.3 is 0 Å². The highest BCUT2D eigenvalue weighted by molar-refractivity contribution is 7.99. The van der Waals surface area contributed by atoms with E-state index in [1.165, 1.54) is 28.6 Å². The van der Waals surface area contributed by atoms with Crippen molar-refractivity contribution in [1.29, 1.82) is 0 Å². The van der Waals surface area contributed by atoms with Crippen LogP contribution in [-0.4, -0.2) is 21.9 Å². The van der Waals surface area contributed by atoms with Gasteiger partial charge in [-0.2, -0.15) is 0 Å². The van der Waals surface area contributed by atoms with E-state index in [4.69, 9.17) is 4.42 Å². The first-order chi connectivity index (χ1) is 13.1. The van der Waals surface area contributed by atoms with Crippen molar-refractivity contribution in [3.8, 4) is 10.8 Å². The quantitative estimate of drug-likeness (QED) is 0.614. The third-order valence-electron chi connectivity index (χ3n) is 4.58. The Morgan fingerprint density at radius 3 is 3.11 bits per heavy atom. The Balaban J connectivity index is 1.36. The number of aryl methyl sites for hydroxylation is 2. The second-order valence-corrected chi connectivity index (χ2v) is 9.05. The van der Waals surface area contributed by atoms with E-state index < -0.39 is 0 Å². The number of aromatic nitrogens is 2. The fraction of sp³-hybridized carbons (Fsp3) is 0.350. The maximum absolute atomic E-state index is 12.1. The summed E-state index contributed by atoms with van der Waals surface area (Å²) < 4.78 is 5.77. The Hall–Kier alpha value is -2.12. The van der Waals surface area contributed by atoms with Gasteiger partial charge in [-0.15, -0.1) is 21.5 Å². The molecule has 4 rings (SSSR count). The van der Waals surface area contributed by atoms with Gasteiger partial charge in [0.25, 0.3) is 11.1 Å². The Labute approximate surface area is 166 Å². The summed E-state index contributed by atoms with van der Waals surface area (Å²) >= 11 is 3.00. The zero-order chi connectivity index (χ0) is 18.8. The third kappa shape index (κ3) is 4.42. The molecule has 0 fully saturated rings. The van der Waals surface area contributed by atoms with E-state index in [1.54, 1.807) is 11.3 Å². The summed E-state index contributed by atoms with van der Waals surface area (Å²) in [6, 6.07) is 9.91. The van der Waals surface area contributed by atoms with Crippen molar-refractivity contribution in [3.63, 3.8) is 0 Å². The number of carbonyl (C=O) groups is 1. The first-order valence-electron chi connectivity index (χ1n) is 9.01. The minimum absolute atomic E-state index is 0.0917. The van der Waals surface area contributed by atoms with Gasteiger partial charge < -0.3 is 9.73 Å². The van der Waals surface area contributed by atoms with Crippen LogP contribution in [0, 0.1) is 12.8 Å². The van der Waals surface area contributed by atoms with E-state index in [9.17, 15) is 4.79 Å². The van der Waals surface area contributed by atoms with Crippen LogP contribution in [-0.2, 0) is 17.6 Å². The van der Waals surface area contributed by atoms with E-state index in [-0.39, 0.29) is 11.7 Å². The van der Waals surface area contributed by atoms with Crippen LogP contribution >= 0.6 is 23.1 Å². The molecule has 0 unspecified atom stereocenters. The lowest BCUT2D eigenvalue weighted by atomic mass is 9.90. The molecular weight excluding hydrogens is 378 g/mol. The van der Waals surface area contributed by atoms with Gasteiger partial charge in [0.1, 0.15) is 0 Å². The third-order valence-corrected chi connectivity index (χ3v) is 6.62. The number of fused-ring (bicyclic) bond motifs is 1. The van der Waals surface area contributed by atoms with E-state index in [0.29, 0.717) is 11.1 Å². The fourth-order valence-electron chi connectivity index (χ4n) is 3.23. The smallest absolute Gasteiger partial charge is 0.277 e.